The Kier molecular flexibility index (Phi) is 7.83. The highest BCUT2D eigenvalue weighted by molar-refractivity contribution is 6.42. The predicted octanol–water partition coefficient (Wildman–Crippen LogP) is 3.76. The summed E-state index contributed by atoms with van der Waals surface area (Å²) >= 11 is 11.7. The van der Waals surface area contributed by atoms with Crippen molar-refractivity contribution in [3.05, 3.63) is 57.6 Å². The van der Waals surface area contributed by atoms with Gasteiger partial charge in [0.2, 0.25) is 0 Å². The number of amides is 2. The Labute approximate surface area is 169 Å². The van der Waals surface area contributed by atoms with Gasteiger partial charge in [0.25, 0.3) is 11.8 Å². The van der Waals surface area contributed by atoms with Crippen LogP contribution in [0.15, 0.2) is 36.4 Å². The zero-order valence-electron chi connectivity index (χ0n) is 14.6. The van der Waals surface area contributed by atoms with Crippen LogP contribution in [0.1, 0.15) is 20.7 Å². The first kappa shape index (κ1) is 21.7. The average molecular weight is 433 g/mol. The Hall–Kier alpha value is -2.58. The highest BCUT2D eigenvalue weighted by atomic mass is 35.5. The van der Waals surface area contributed by atoms with Crippen LogP contribution in [0.4, 0.5) is 8.78 Å². The molecule has 0 spiro atoms. The number of ether oxygens (including phenoxy) is 2. The molecule has 0 aromatic heterocycles. The van der Waals surface area contributed by atoms with Gasteiger partial charge >= 0.3 is 6.61 Å². The quantitative estimate of drug-likeness (QED) is 0.622. The molecule has 2 aromatic rings. The van der Waals surface area contributed by atoms with Crippen molar-refractivity contribution < 1.29 is 27.8 Å². The first-order valence-corrected chi connectivity index (χ1v) is 8.71. The molecule has 28 heavy (non-hydrogen) atoms. The van der Waals surface area contributed by atoms with Crippen molar-refractivity contribution in [2.75, 3.05) is 20.2 Å². The zero-order valence-corrected chi connectivity index (χ0v) is 16.1. The molecule has 6 nitrogen and oxygen atoms in total. The van der Waals surface area contributed by atoms with Crippen molar-refractivity contribution in [1.82, 2.24) is 10.6 Å². The molecule has 0 heterocycles. The highest BCUT2D eigenvalue weighted by Gasteiger charge is 2.14. The summed E-state index contributed by atoms with van der Waals surface area (Å²) in [6.07, 6.45) is 0. The Morgan fingerprint density at radius 3 is 2.04 bits per heavy atom. The molecule has 150 valence electrons. The molecule has 0 radical (unpaired) electrons. The molecule has 10 heteroatoms. The van der Waals surface area contributed by atoms with E-state index in [0.717, 1.165) is 0 Å². The van der Waals surface area contributed by atoms with E-state index in [0.29, 0.717) is 10.6 Å². The van der Waals surface area contributed by atoms with Crippen LogP contribution in [0.3, 0.4) is 0 Å². The maximum absolute atomic E-state index is 12.3. The molecule has 0 bridgehead atoms. The van der Waals surface area contributed by atoms with E-state index >= 15 is 0 Å². The summed E-state index contributed by atoms with van der Waals surface area (Å²) in [6.45, 7) is -2.70. The van der Waals surface area contributed by atoms with Gasteiger partial charge in [0, 0.05) is 24.2 Å². The standard InChI is InChI=1S/C18H16Cl2F2N2O4/c1-27-15-9-11(3-5-14(15)28-18(21)22)17(26)24-7-6-23-16(25)10-2-4-12(19)13(20)8-10/h2-5,8-9,18H,6-7H2,1H3,(H,23,25)(H,24,26). The maximum atomic E-state index is 12.3. The van der Waals surface area contributed by atoms with E-state index < -0.39 is 12.5 Å². The lowest BCUT2D eigenvalue weighted by Crippen LogP contribution is -2.34. The average Bonchev–Trinajstić information content (AvgIpc) is 2.66. The van der Waals surface area contributed by atoms with Crippen LogP contribution in [0.2, 0.25) is 10.0 Å². The van der Waals surface area contributed by atoms with Crippen LogP contribution in [0.25, 0.3) is 0 Å². The van der Waals surface area contributed by atoms with Gasteiger partial charge < -0.3 is 20.1 Å². The molecule has 2 amide bonds. The van der Waals surface area contributed by atoms with Gasteiger partial charge in [-0.15, -0.1) is 0 Å². The van der Waals surface area contributed by atoms with Crippen molar-refractivity contribution in [2.24, 2.45) is 0 Å². The Balaban J connectivity index is 1.86. The van der Waals surface area contributed by atoms with E-state index in [-0.39, 0.29) is 41.1 Å². The van der Waals surface area contributed by atoms with Gasteiger partial charge in [0.05, 0.1) is 17.2 Å². The summed E-state index contributed by atoms with van der Waals surface area (Å²) in [7, 11) is 1.27. The minimum absolute atomic E-state index is 0.000805. The first-order chi connectivity index (χ1) is 13.3. The fraction of sp³-hybridized carbons (Fsp3) is 0.222. The van der Waals surface area contributed by atoms with Crippen molar-refractivity contribution in [2.45, 2.75) is 6.61 Å². The Morgan fingerprint density at radius 1 is 0.929 bits per heavy atom. The fourth-order valence-corrected chi connectivity index (χ4v) is 2.49. The van der Waals surface area contributed by atoms with Crippen LogP contribution in [-0.2, 0) is 0 Å². The van der Waals surface area contributed by atoms with Crippen molar-refractivity contribution in [3.63, 3.8) is 0 Å². The third-order valence-electron chi connectivity index (χ3n) is 3.52. The third-order valence-corrected chi connectivity index (χ3v) is 4.26. The van der Waals surface area contributed by atoms with E-state index in [9.17, 15) is 18.4 Å². The molecule has 2 N–H and O–H groups in total. The van der Waals surface area contributed by atoms with Crippen molar-refractivity contribution >= 4 is 35.0 Å². The van der Waals surface area contributed by atoms with Gasteiger partial charge in [0.15, 0.2) is 11.5 Å². The lowest BCUT2D eigenvalue weighted by molar-refractivity contribution is -0.0512. The number of hydrogen-bond donors (Lipinski definition) is 2. The number of benzene rings is 2. The van der Waals surface area contributed by atoms with Crippen LogP contribution < -0.4 is 20.1 Å². The summed E-state index contributed by atoms with van der Waals surface area (Å²) < 4.78 is 33.9. The predicted molar refractivity (Wildman–Crippen MR) is 101 cm³/mol. The molecule has 0 saturated carbocycles. The number of hydrogen-bond acceptors (Lipinski definition) is 4. The third kappa shape index (κ3) is 5.97. The second-order valence-corrected chi connectivity index (χ2v) is 6.20. The van der Waals surface area contributed by atoms with E-state index in [1.54, 1.807) is 0 Å². The van der Waals surface area contributed by atoms with Gasteiger partial charge in [-0.25, -0.2) is 0 Å². The van der Waals surface area contributed by atoms with Crippen LogP contribution in [-0.4, -0.2) is 38.6 Å². The number of halogens is 4. The number of alkyl halides is 2. The van der Waals surface area contributed by atoms with Gasteiger partial charge in [-0.3, -0.25) is 9.59 Å². The number of carbonyl (C=O) groups excluding carboxylic acids is 2. The summed E-state index contributed by atoms with van der Waals surface area (Å²) in [5.41, 5.74) is 0.523. The normalized spacial score (nSPS) is 10.5. The molecular formula is C18H16Cl2F2N2O4. The lowest BCUT2D eigenvalue weighted by atomic mass is 10.2. The highest BCUT2D eigenvalue weighted by Crippen LogP contribution is 2.29. The maximum Gasteiger partial charge on any atom is 0.387 e. The summed E-state index contributed by atoms with van der Waals surface area (Å²) in [5, 5.41) is 5.81. The van der Waals surface area contributed by atoms with Gasteiger partial charge in [0.1, 0.15) is 0 Å². The van der Waals surface area contributed by atoms with Crippen molar-refractivity contribution in [1.29, 1.82) is 0 Å². The molecule has 0 aliphatic heterocycles. The number of rotatable bonds is 8. The molecule has 0 aliphatic rings. The molecule has 2 aromatic carbocycles. The largest absolute Gasteiger partial charge is 0.493 e. The smallest absolute Gasteiger partial charge is 0.387 e. The summed E-state index contributed by atoms with van der Waals surface area (Å²) in [4.78, 5) is 24.2. The van der Waals surface area contributed by atoms with Crippen LogP contribution >= 0.6 is 23.2 Å². The van der Waals surface area contributed by atoms with E-state index in [2.05, 4.69) is 15.4 Å². The zero-order chi connectivity index (χ0) is 20.7. The molecule has 0 atom stereocenters. The topological polar surface area (TPSA) is 76.7 Å². The number of methoxy groups -OCH3 is 1. The summed E-state index contributed by atoms with van der Waals surface area (Å²) in [6, 6.07) is 8.29. The molecule has 0 unspecified atom stereocenters. The lowest BCUT2D eigenvalue weighted by Gasteiger charge is -2.12. The molecule has 0 saturated heterocycles. The minimum atomic E-state index is -3.01. The number of nitrogens with one attached hydrogen (secondary N) is 2. The van der Waals surface area contributed by atoms with E-state index in [1.807, 2.05) is 0 Å². The summed E-state index contributed by atoms with van der Waals surface area (Å²) in [5.74, 6) is -1.02. The Morgan fingerprint density at radius 2 is 1.50 bits per heavy atom. The monoisotopic (exact) mass is 432 g/mol. The SMILES string of the molecule is COc1cc(C(=O)NCCNC(=O)c2ccc(Cl)c(Cl)c2)ccc1OC(F)F. The van der Waals surface area contributed by atoms with E-state index in [4.69, 9.17) is 27.9 Å². The van der Waals surface area contributed by atoms with Crippen molar-refractivity contribution in [3.8, 4) is 11.5 Å². The van der Waals surface area contributed by atoms with Gasteiger partial charge in [-0.2, -0.15) is 8.78 Å². The van der Waals surface area contributed by atoms with Gasteiger partial charge in [-0.05, 0) is 36.4 Å². The molecule has 2 rings (SSSR count). The number of carbonyl (C=O) groups is 2. The van der Waals surface area contributed by atoms with E-state index in [1.165, 1.54) is 43.5 Å². The van der Waals surface area contributed by atoms with Crippen LogP contribution in [0, 0.1) is 0 Å². The minimum Gasteiger partial charge on any atom is -0.493 e. The second kappa shape index (κ2) is 10.1. The molecular weight excluding hydrogens is 417 g/mol. The molecule has 0 fully saturated rings. The molecule has 0 aliphatic carbocycles. The fourth-order valence-electron chi connectivity index (χ4n) is 2.20. The Bertz CT molecular complexity index is 865. The second-order valence-electron chi connectivity index (χ2n) is 5.38. The first-order valence-electron chi connectivity index (χ1n) is 7.96. The van der Waals surface area contributed by atoms with Crippen LogP contribution in [0.5, 0.6) is 11.5 Å². The van der Waals surface area contributed by atoms with Gasteiger partial charge in [-0.1, -0.05) is 23.2 Å².